The number of fused-ring (bicyclic) bond motifs is 1. The summed E-state index contributed by atoms with van der Waals surface area (Å²) in [5.74, 6) is 0.107. The molecule has 0 fully saturated rings. The summed E-state index contributed by atoms with van der Waals surface area (Å²) in [7, 11) is 1.34. The molecule has 1 aromatic heterocycles. The molecule has 2 aromatic rings. The molecule has 15 heavy (non-hydrogen) atoms. The molecule has 0 unspecified atom stereocenters. The first-order valence-corrected chi connectivity index (χ1v) is 4.57. The van der Waals surface area contributed by atoms with Gasteiger partial charge in [-0.1, -0.05) is 0 Å². The van der Waals surface area contributed by atoms with Gasteiger partial charge in [0.15, 0.2) is 5.52 Å². The SMILES string of the molecule is COc1cc(Br)c2nonc2c1[N+](=O)[O-]. The number of nitro groups is 1. The highest BCUT2D eigenvalue weighted by Gasteiger charge is 2.25. The van der Waals surface area contributed by atoms with Crippen LogP contribution in [0.2, 0.25) is 0 Å². The number of benzene rings is 1. The summed E-state index contributed by atoms with van der Waals surface area (Å²) in [6.07, 6.45) is 0. The molecule has 1 aromatic carbocycles. The van der Waals surface area contributed by atoms with Crippen LogP contribution in [0.5, 0.6) is 5.75 Å². The van der Waals surface area contributed by atoms with Crippen molar-refractivity contribution in [2.24, 2.45) is 0 Å². The van der Waals surface area contributed by atoms with Crippen LogP contribution in [0.15, 0.2) is 15.2 Å². The lowest BCUT2D eigenvalue weighted by molar-refractivity contribution is -0.384. The first-order chi connectivity index (χ1) is 7.15. The number of methoxy groups -OCH3 is 1. The van der Waals surface area contributed by atoms with Gasteiger partial charge in [0.2, 0.25) is 11.3 Å². The van der Waals surface area contributed by atoms with Gasteiger partial charge in [-0.05, 0) is 26.2 Å². The Labute approximate surface area is 91.2 Å². The van der Waals surface area contributed by atoms with Gasteiger partial charge in [-0.25, -0.2) is 4.63 Å². The van der Waals surface area contributed by atoms with Crippen LogP contribution >= 0.6 is 15.9 Å². The Kier molecular flexibility index (Phi) is 2.27. The lowest BCUT2D eigenvalue weighted by Crippen LogP contribution is -1.95. The number of aromatic nitrogens is 2. The maximum Gasteiger partial charge on any atom is 0.342 e. The van der Waals surface area contributed by atoms with Crippen LogP contribution in [-0.2, 0) is 0 Å². The smallest absolute Gasteiger partial charge is 0.342 e. The second kappa shape index (κ2) is 3.46. The van der Waals surface area contributed by atoms with Crippen LogP contribution in [0.25, 0.3) is 11.0 Å². The molecule has 0 saturated carbocycles. The van der Waals surface area contributed by atoms with Gasteiger partial charge in [-0.3, -0.25) is 10.1 Å². The molecular weight excluding hydrogens is 270 g/mol. The average molecular weight is 274 g/mol. The number of rotatable bonds is 2. The van der Waals surface area contributed by atoms with Crippen molar-refractivity contribution in [3.8, 4) is 5.75 Å². The highest BCUT2D eigenvalue weighted by Crippen LogP contribution is 2.37. The molecule has 0 aliphatic heterocycles. The van der Waals surface area contributed by atoms with Crippen LogP contribution < -0.4 is 4.74 Å². The zero-order chi connectivity index (χ0) is 11.0. The van der Waals surface area contributed by atoms with E-state index in [0.717, 1.165) is 0 Å². The van der Waals surface area contributed by atoms with Crippen LogP contribution in [0.4, 0.5) is 5.69 Å². The van der Waals surface area contributed by atoms with Crippen molar-refractivity contribution in [2.45, 2.75) is 0 Å². The molecule has 2 rings (SSSR count). The summed E-state index contributed by atoms with van der Waals surface area (Å²) in [5.41, 5.74) is 0.102. The fourth-order valence-electron chi connectivity index (χ4n) is 1.20. The van der Waals surface area contributed by atoms with Gasteiger partial charge < -0.3 is 4.74 Å². The van der Waals surface area contributed by atoms with Crippen molar-refractivity contribution >= 4 is 32.7 Å². The third kappa shape index (κ3) is 1.42. The predicted octanol–water partition coefficient (Wildman–Crippen LogP) is 1.90. The lowest BCUT2D eigenvalue weighted by Gasteiger charge is -2.01. The summed E-state index contributed by atoms with van der Waals surface area (Å²) in [5, 5.41) is 17.8. The van der Waals surface area contributed by atoms with E-state index in [2.05, 4.69) is 30.9 Å². The second-order valence-corrected chi connectivity index (χ2v) is 3.48. The normalized spacial score (nSPS) is 10.5. The zero-order valence-electron chi connectivity index (χ0n) is 7.43. The van der Waals surface area contributed by atoms with Crippen molar-refractivity contribution in [2.75, 3.05) is 7.11 Å². The molecule has 0 spiro atoms. The van der Waals surface area contributed by atoms with E-state index >= 15 is 0 Å². The van der Waals surface area contributed by atoms with Crippen molar-refractivity contribution in [3.05, 3.63) is 20.7 Å². The molecule has 1 heterocycles. The van der Waals surface area contributed by atoms with E-state index in [1.807, 2.05) is 0 Å². The van der Waals surface area contributed by atoms with Gasteiger partial charge in [0, 0.05) is 6.07 Å². The van der Waals surface area contributed by atoms with Gasteiger partial charge in [0.25, 0.3) is 0 Å². The Morgan fingerprint density at radius 3 is 2.80 bits per heavy atom. The number of halogens is 1. The summed E-state index contributed by atoms with van der Waals surface area (Å²) in [4.78, 5) is 10.2. The largest absolute Gasteiger partial charge is 0.490 e. The Bertz CT molecular complexity index is 538. The fourth-order valence-corrected chi connectivity index (χ4v) is 1.67. The molecule has 0 N–H and O–H groups in total. The molecule has 78 valence electrons. The van der Waals surface area contributed by atoms with Gasteiger partial charge >= 0.3 is 5.69 Å². The van der Waals surface area contributed by atoms with Gasteiger partial charge in [-0.2, -0.15) is 0 Å². The summed E-state index contributed by atoms with van der Waals surface area (Å²) < 4.78 is 9.86. The minimum absolute atomic E-state index is 0.0613. The molecule has 0 radical (unpaired) electrons. The van der Waals surface area contributed by atoms with Crippen molar-refractivity contribution < 1.29 is 14.3 Å². The van der Waals surface area contributed by atoms with Crippen molar-refractivity contribution in [1.29, 1.82) is 0 Å². The van der Waals surface area contributed by atoms with Crippen molar-refractivity contribution in [3.63, 3.8) is 0 Å². The predicted molar refractivity (Wildman–Crippen MR) is 52.7 cm³/mol. The number of nitrogens with zero attached hydrogens (tertiary/aromatic N) is 3. The summed E-state index contributed by atoms with van der Waals surface area (Å²) in [6, 6.07) is 1.45. The molecule has 0 saturated heterocycles. The maximum absolute atomic E-state index is 10.8. The van der Waals surface area contributed by atoms with E-state index in [1.54, 1.807) is 0 Å². The van der Waals surface area contributed by atoms with E-state index in [4.69, 9.17) is 4.74 Å². The van der Waals surface area contributed by atoms with Gasteiger partial charge in [0.1, 0.15) is 0 Å². The number of nitro benzene ring substituents is 1. The van der Waals surface area contributed by atoms with Crippen LogP contribution in [-0.4, -0.2) is 22.3 Å². The Morgan fingerprint density at radius 2 is 2.20 bits per heavy atom. The third-order valence-electron chi connectivity index (χ3n) is 1.83. The monoisotopic (exact) mass is 273 g/mol. The standard InChI is InChI=1S/C7H4BrN3O4/c1-14-4-2-3(8)5-6(10-15-9-5)7(4)11(12)13/h2H,1H3. The van der Waals surface area contributed by atoms with E-state index in [-0.39, 0.29) is 17.0 Å². The number of ether oxygens (including phenoxy) is 1. The van der Waals surface area contributed by atoms with Crippen LogP contribution in [0, 0.1) is 10.1 Å². The minimum Gasteiger partial charge on any atom is -0.490 e. The molecular formula is C7H4BrN3O4. The summed E-state index contributed by atoms with van der Waals surface area (Å²) in [6.45, 7) is 0. The van der Waals surface area contributed by atoms with Crippen LogP contribution in [0.1, 0.15) is 0 Å². The first-order valence-electron chi connectivity index (χ1n) is 3.78. The molecule has 0 aliphatic carbocycles. The summed E-state index contributed by atoms with van der Waals surface area (Å²) >= 11 is 3.19. The average Bonchev–Trinajstić information content (AvgIpc) is 2.65. The van der Waals surface area contributed by atoms with E-state index in [1.165, 1.54) is 13.2 Å². The second-order valence-electron chi connectivity index (χ2n) is 2.63. The Hall–Kier alpha value is -1.70. The maximum atomic E-state index is 10.8. The van der Waals surface area contributed by atoms with Gasteiger partial charge in [0.05, 0.1) is 16.5 Å². The molecule has 0 bridgehead atoms. The molecule has 0 aliphatic rings. The fraction of sp³-hybridized carbons (Fsp3) is 0.143. The molecule has 0 atom stereocenters. The molecule has 8 heteroatoms. The van der Waals surface area contributed by atoms with E-state index in [0.29, 0.717) is 9.99 Å². The Balaban J connectivity index is 2.89. The minimum atomic E-state index is -0.586. The van der Waals surface area contributed by atoms with Crippen LogP contribution in [0.3, 0.4) is 0 Å². The molecule has 0 amide bonds. The lowest BCUT2D eigenvalue weighted by atomic mass is 10.2. The third-order valence-corrected chi connectivity index (χ3v) is 2.44. The topological polar surface area (TPSA) is 91.3 Å². The highest BCUT2D eigenvalue weighted by atomic mass is 79.9. The van der Waals surface area contributed by atoms with E-state index in [9.17, 15) is 10.1 Å². The number of hydrogen-bond acceptors (Lipinski definition) is 6. The quantitative estimate of drug-likeness (QED) is 0.613. The van der Waals surface area contributed by atoms with Crippen molar-refractivity contribution in [1.82, 2.24) is 10.3 Å². The Morgan fingerprint density at radius 1 is 1.53 bits per heavy atom. The zero-order valence-corrected chi connectivity index (χ0v) is 9.02. The molecule has 7 nitrogen and oxygen atoms in total. The first kappa shape index (κ1) is 9.84. The number of hydrogen-bond donors (Lipinski definition) is 0. The van der Waals surface area contributed by atoms with Gasteiger partial charge in [-0.15, -0.1) is 0 Å². The highest BCUT2D eigenvalue weighted by molar-refractivity contribution is 9.10. The van der Waals surface area contributed by atoms with E-state index < -0.39 is 4.92 Å².